The number of rotatable bonds is 23. The lowest BCUT2D eigenvalue weighted by atomic mass is 10.0. The molecule has 1 rings (SSSR count). The van der Waals surface area contributed by atoms with Crippen molar-refractivity contribution in [1.82, 2.24) is 0 Å². The van der Waals surface area contributed by atoms with Gasteiger partial charge >= 0.3 is 7.82 Å². The molecule has 0 aliphatic carbocycles. The molecule has 1 aromatic carbocycles. The highest BCUT2D eigenvalue weighted by Crippen LogP contribution is 2.27. The molecule has 0 radical (unpaired) electrons. The van der Waals surface area contributed by atoms with Crippen molar-refractivity contribution >= 4 is 31.2 Å². The molecule has 4 N–H and O–H groups in total. The van der Waals surface area contributed by atoms with Crippen LogP contribution in [-0.2, 0) is 11.0 Å². The Morgan fingerprint density at radius 3 is 1.71 bits per heavy atom. The van der Waals surface area contributed by atoms with Crippen molar-refractivity contribution in [2.24, 2.45) is 5.92 Å². The third-order valence-corrected chi connectivity index (χ3v) is 8.02. The van der Waals surface area contributed by atoms with Gasteiger partial charge in [0, 0.05) is 11.6 Å². The second-order valence-corrected chi connectivity index (χ2v) is 12.7. The molecule has 6 nitrogen and oxygen atoms in total. The van der Waals surface area contributed by atoms with E-state index in [9.17, 15) is 5.11 Å². The summed E-state index contributed by atoms with van der Waals surface area (Å²) in [7, 11) is -2.95. The molecule has 224 valence electrons. The van der Waals surface area contributed by atoms with E-state index in [-0.39, 0.29) is 12.5 Å². The predicted molar refractivity (Wildman–Crippen MR) is 163 cm³/mol. The number of phosphoric acid groups is 1. The summed E-state index contributed by atoms with van der Waals surface area (Å²) in [5, 5.41) is 10.5. The minimum absolute atomic E-state index is 0.210. The van der Waals surface area contributed by atoms with Gasteiger partial charge in [-0.05, 0) is 54.0 Å². The third-order valence-electron chi connectivity index (χ3n) is 6.51. The second-order valence-electron chi connectivity index (χ2n) is 10.1. The van der Waals surface area contributed by atoms with Crippen LogP contribution in [0.1, 0.15) is 115 Å². The SMILES string of the molecule is CCCCCCCCCCCCCCCCCCSCC(CO)Cc1cc(Cl)ccc1OC.O=P(O)(O)O. The summed E-state index contributed by atoms with van der Waals surface area (Å²) >= 11 is 8.11. The van der Waals surface area contributed by atoms with Crippen molar-refractivity contribution in [2.75, 3.05) is 25.2 Å². The Labute approximate surface area is 241 Å². The normalized spacial score (nSPS) is 12.2. The van der Waals surface area contributed by atoms with Gasteiger partial charge in [0.25, 0.3) is 0 Å². The van der Waals surface area contributed by atoms with E-state index < -0.39 is 7.82 Å². The van der Waals surface area contributed by atoms with Gasteiger partial charge < -0.3 is 24.5 Å². The lowest BCUT2D eigenvalue weighted by Gasteiger charge is -2.16. The highest BCUT2D eigenvalue weighted by atomic mass is 35.5. The van der Waals surface area contributed by atoms with Crippen LogP contribution in [0, 0.1) is 5.92 Å². The molecule has 0 aliphatic heterocycles. The number of aliphatic hydroxyl groups excluding tert-OH is 1. The highest BCUT2D eigenvalue weighted by Gasteiger charge is 2.13. The van der Waals surface area contributed by atoms with Crippen molar-refractivity contribution in [3.8, 4) is 5.75 Å². The Bertz CT molecular complexity index is 710. The van der Waals surface area contributed by atoms with Gasteiger partial charge in [-0.2, -0.15) is 11.8 Å². The number of halogens is 1. The molecule has 0 aromatic heterocycles. The number of thioether (sulfide) groups is 1. The molecule has 0 bridgehead atoms. The van der Waals surface area contributed by atoms with Gasteiger partial charge in [-0.25, -0.2) is 4.57 Å². The summed E-state index contributed by atoms with van der Waals surface area (Å²) in [5.41, 5.74) is 1.09. The van der Waals surface area contributed by atoms with Gasteiger partial charge in [0.2, 0.25) is 0 Å². The molecule has 0 amide bonds. The Morgan fingerprint density at radius 1 is 0.842 bits per heavy atom. The molecule has 0 spiro atoms. The highest BCUT2D eigenvalue weighted by molar-refractivity contribution is 7.99. The molecular formula is C29H54ClO6PS. The van der Waals surface area contributed by atoms with E-state index in [1.165, 1.54) is 108 Å². The van der Waals surface area contributed by atoms with Gasteiger partial charge in [0.1, 0.15) is 5.75 Å². The van der Waals surface area contributed by atoms with Crippen LogP contribution < -0.4 is 4.74 Å². The number of methoxy groups -OCH3 is 1. The number of hydrogen-bond acceptors (Lipinski definition) is 4. The predicted octanol–water partition coefficient (Wildman–Crippen LogP) is 8.57. The number of unbranched alkanes of at least 4 members (excludes halogenated alkanes) is 15. The van der Waals surface area contributed by atoms with Crippen LogP contribution in [0.25, 0.3) is 0 Å². The van der Waals surface area contributed by atoms with Crippen LogP contribution in [0.2, 0.25) is 5.02 Å². The zero-order chi connectivity index (χ0) is 28.5. The minimum atomic E-state index is -4.64. The summed E-state index contributed by atoms with van der Waals surface area (Å²) in [6.45, 7) is 2.50. The molecule has 0 aliphatic rings. The summed E-state index contributed by atoms with van der Waals surface area (Å²) in [6, 6.07) is 5.73. The van der Waals surface area contributed by atoms with Gasteiger partial charge in [-0.3, -0.25) is 0 Å². The first-order valence-electron chi connectivity index (χ1n) is 14.5. The second kappa shape index (κ2) is 25.7. The Hall–Kier alpha value is -0.270. The molecule has 0 heterocycles. The maximum atomic E-state index is 9.78. The maximum absolute atomic E-state index is 9.78. The summed E-state index contributed by atoms with van der Waals surface area (Å²) in [4.78, 5) is 21.6. The number of ether oxygens (including phenoxy) is 1. The number of benzene rings is 1. The fourth-order valence-corrected chi connectivity index (χ4v) is 5.72. The van der Waals surface area contributed by atoms with E-state index in [4.69, 9.17) is 35.6 Å². The van der Waals surface area contributed by atoms with E-state index in [0.29, 0.717) is 0 Å². The molecule has 0 fully saturated rings. The standard InChI is InChI=1S/C29H51ClO2S.H3O4P/c1-3-4-5-6-7-8-9-10-11-12-13-14-15-16-17-18-21-33-25-26(24-31)22-27-23-28(30)19-20-29(27)32-2;1-5(2,3)4/h19-20,23,26,31H,3-18,21-22,24-25H2,1-2H3;(H3,1,2,3,4). The fourth-order valence-electron chi connectivity index (χ4n) is 4.40. The lowest BCUT2D eigenvalue weighted by Crippen LogP contribution is -2.13. The van der Waals surface area contributed by atoms with Crippen molar-refractivity contribution in [3.05, 3.63) is 28.8 Å². The fraction of sp³-hybridized carbons (Fsp3) is 0.793. The summed E-state index contributed by atoms with van der Waals surface area (Å²) in [5.74, 6) is 3.30. The van der Waals surface area contributed by atoms with Crippen LogP contribution in [0.15, 0.2) is 18.2 Å². The van der Waals surface area contributed by atoms with Crippen molar-refractivity contribution < 1.29 is 29.1 Å². The average Bonchev–Trinajstić information content (AvgIpc) is 2.86. The minimum Gasteiger partial charge on any atom is -0.496 e. The first-order valence-corrected chi connectivity index (χ1v) is 17.6. The van der Waals surface area contributed by atoms with Crippen LogP contribution >= 0.6 is 31.2 Å². The van der Waals surface area contributed by atoms with Gasteiger partial charge in [0.05, 0.1) is 7.11 Å². The Balaban J connectivity index is 0.00000249. The van der Waals surface area contributed by atoms with Crippen LogP contribution in [0.3, 0.4) is 0 Å². The molecular weight excluding hydrogens is 543 g/mol. The van der Waals surface area contributed by atoms with Crippen molar-refractivity contribution in [3.63, 3.8) is 0 Å². The van der Waals surface area contributed by atoms with E-state index in [1.807, 2.05) is 30.0 Å². The first-order chi connectivity index (χ1) is 18.2. The van der Waals surface area contributed by atoms with E-state index in [0.717, 1.165) is 28.5 Å². The van der Waals surface area contributed by atoms with E-state index in [1.54, 1.807) is 7.11 Å². The zero-order valence-corrected chi connectivity index (χ0v) is 26.3. The van der Waals surface area contributed by atoms with Crippen LogP contribution in [-0.4, -0.2) is 45.0 Å². The molecule has 0 saturated heterocycles. The van der Waals surface area contributed by atoms with Crippen LogP contribution in [0.5, 0.6) is 5.75 Å². The Morgan fingerprint density at radius 2 is 1.29 bits per heavy atom. The molecule has 9 heteroatoms. The van der Waals surface area contributed by atoms with Crippen molar-refractivity contribution in [1.29, 1.82) is 0 Å². The van der Waals surface area contributed by atoms with E-state index >= 15 is 0 Å². The summed E-state index contributed by atoms with van der Waals surface area (Å²) < 4.78 is 14.3. The summed E-state index contributed by atoms with van der Waals surface area (Å²) in [6.07, 6.45) is 23.4. The number of aliphatic hydroxyl groups is 1. The molecule has 38 heavy (non-hydrogen) atoms. The molecule has 1 unspecified atom stereocenters. The third kappa shape index (κ3) is 26.0. The van der Waals surface area contributed by atoms with E-state index in [2.05, 4.69) is 6.92 Å². The number of hydrogen-bond donors (Lipinski definition) is 4. The smallest absolute Gasteiger partial charge is 0.466 e. The van der Waals surface area contributed by atoms with Gasteiger partial charge in [0.15, 0.2) is 0 Å². The topological polar surface area (TPSA) is 107 Å². The first kappa shape index (κ1) is 37.7. The zero-order valence-electron chi connectivity index (χ0n) is 23.8. The maximum Gasteiger partial charge on any atom is 0.466 e. The Kier molecular flexibility index (Phi) is 25.5. The molecule has 1 aromatic rings. The van der Waals surface area contributed by atoms with Gasteiger partial charge in [-0.1, -0.05) is 115 Å². The van der Waals surface area contributed by atoms with Crippen LogP contribution in [0.4, 0.5) is 0 Å². The molecule has 0 saturated carbocycles. The lowest BCUT2D eigenvalue weighted by molar-refractivity contribution is 0.238. The van der Waals surface area contributed by atoms with Gasteiger partial charge in [-0.15, -0.1) is 0 Å². The molecule has 1 atom stereocenters. The average molecular weight is 597 g/mol. The largest absolute Gasteiger partial charge is 0.496 e. The monoisotopic (exact) mass is 596 g/mol. The van der Waals surface area contributed by atoms with Crippen molar-refractivity contribution in [2.45, 2.75) is 116 Å². The quantitative estimate of drug-likeness (QED) is 0.0740.